The number of esters is 1. The normalized spacial score (nSPS) is 24.0. The molecule has 0 aromatic carbocycles. The van der Waals surface area contributed by atoms with Crippen LogP contribution in [0.1, 0.15) is 155 Å². The molecule has 3 N–H and O–H groups in total. The van der Waals surface area contributed by atoms with Crippen molar-refractivity contribution in [1.29, 1.82) is 0 Å². The number of Topliss-reactive ketones (excluding diaryl/α,β-unsaturated/α-hetero) is 1. The number of ether oxygens (including phenoxy) is 1. The van der Waals surface area contributed by atoms with Crippen molar-refractivity contribution >= 4 is 17.7 Å². The second-order valence-electron chi connectivity index (χ2n) is 15.8. The van der Waals surface area contributed by atoms with E-state index in [0.717, 1.165) is 38.5 Å². The van der Waals surface area contributed by atoms with Gasteiger partial charge in [0, 0.05) is 38.0 Å². The molecule has 2 rings (SSSR count). The number of carbonyl (C=O) groups is 3. The van der Waals surface area contributed by atoms with Crippen LogP contribution in [0.3, 0.4) is 0 Å². The van der Waals surface area contributed by atoms with Crippen molar-refractivity contribution in [3.8, 4) is 0 Å². The third kappa shape index (κ3) is 17.2. The first-order valence-electron chi connectivity index (χ1n) is 21.0. The molecule has 0 bridgehead atoms. The standard InChI is InChI=1S/C46H70F2O7/c1-5-7-17-31-45(54,35(3)47)32-19-21-37-27-29-41(49)39(37)24-14-10-12-16-26-44(53)55-46(36(4)48,33-18-8-6-2)34-20-22-38-28-30-42(50)40(38)23-13-9-11-15-25-43(51)52/h9-10,13-14,19-22,37-41,49,54H,3-8,11-12,15-18,23-34H2,1-2H3,(H,51,52)/b13-9-,14-10?,21-19?,22-20+/t37-,38-,39+,40+,41-,45?,46?/m0/s1. The molecule has 55 heavy (non-hydrogen) atoms. The Morgan fingerprint density at radius 3 is 2.04 bits per heavy atom. The first-order chi connectivity index (χ1) is 26.3. The molecule has 0 radical (unpaired) electrons. The van der Waals surface area contributed by atoms with Gasteiger partial charge in [-0.2, -0.15) is 0 Å². The number of unbranched alkanes of at least 4 members (excludes halogenated alkanes) is 6. The summed E-state index contributed by atoms with van der Waals surface area (Å²) in [6, 6.07) is 0. The number of hydrogen-bond acceptors (Lipinski definition) is 6. The van der Waals surface area contributed by atoms with Gasteiger partial charge in [0.1, 0.15) is 23.0 Å². The smallest absolute Gasteiger partial charge is 0.306 e. The van der Waals surface area contributed by atoms with E-state index in [1.165, 1.54) is 0 Å². The van der Waals surface area contributed by atoms with Gasteiger partial charge in [0.05, 0.1) is 6.10 Å². The number of aliphatic carboxylic acids is 1. The van der Waals surface area contributed by atoms with Crippen molar-refractivity contribution in [1.82, 2.24) is 0 Å². The molecule has 0 aromatic rings. The summed E-state index contributed by atoms with van der Waals surface area (Å²) in [6.07, 6.45) is 27.6. The molecule has 2 fully saturated rings. The van der Waals surface area contributed by atoms with Crippen LogP contribution in [-0.2, 0) is 19.1 Å². The van der Waals surface area contributed by atoms with Crippen LogP contribution < -0.4 is 0 Å². The van der Waals surface area contributed by atoms with Crippen LogP contribution in [0.5, 0.6) is 0 Å². The first kappa shape index (κ1) is 48.0. The number of allylic oxidation sites excluding steroid dienone is 6. The van der Waals surface area contributed by atoms with E-state index in [0.29, 0.717) is 77.0 Å². The van der Waals surface area contributed by atoms with Crippen molar-refractivity contribution in [3.63, 3.8) is 0 Å². The maximum atomic E-state index is 15.2. The predicted octanol–water partition coefficient (Wildman–Crippen LogP) is 11.3. The molecule has 0 amide bonds. The van der Waals surface area contributed by atoms with Gasteiger partial charge in [0.15, 0.2) is 5.60 Å². The molecule has 0 saturated heterocycles. The first-order valence-corrected chi connectivity index (χ1v) is 21.0. The number of aliphatic hydroxyl groups is 2. The molecule has 7 atom stereocenters. The summed E-state index contributed by atoms with van der Waals surface area (Å²) < 4.78 is 35.2. The van der Waals surface area contributed by atoms with Gasteiger partial charge < -0.3 is 20.1 Å². The van der Waals surface area contributed by atoms with Crippen LogP contribution in [0.2, 0.25) is 0 Å². The Kier molecular flexibility index (Phi) is 22.6. The van der Waals surface area contributed by atoms with E-state index in [1.807, 2.05) is 48.6 Å². The molecule has 7 nitrogen and oxygen atoms in total. The molecule has 0 spiro atoms. The van der Waals surface area contributed by atoms with E-state index >= 15 is 4.39 Å². The highest BCUT2D eigenvalue weighted by Gasteiger charge is 2.38. The molecular weight excluding hydrogens is 702 g/mol. The Bertz CT molecular complexity index is 1340. The highest BCUT2D eigenvalue weighted by Crippen LogP contribution is 2.38. The van der Waals surface area contributed by atoms with Crippen LogP contribution >= 0.6 is 0 Å². The summed E-state index contributed by atoms with van der Waals surface area (Å²) in [7, 11) is 0. The number of hydrogen-bond donors (Lipinski definition) is 3. The summed E-state index contributed by atoms with van der Waals surface area (Å²) in [5, 5.41) is 30.2. The van der Waals surface area contributed by atoms with Gasteiger partial charge in [-0.25, -0.2) is 8.78 Å². The highest BCUT2D eigenvalue weighted by molar-refractivity contribution is 5.83. The molecule has 2 unspecified atom stereocenters. The van der Waals surface area contributed by atoms with Gasteiger partial charge in [-0.3, -0.25) is 14.4 Å². The lowest BCUT2D eigenvalue weighted by Crippen LogP contribution is -2.35. The third-order valence-electron chi connectivity index (χ3n) is 11.5. The summed E-state index contributed by atoms with van der Waals surface area (Å²) >= 11 is 0. The molecule has 0 aliphatic heterocycles. The Morgan fingerprint density at radius 2 is 1.40 bits per heavy atom. The van der Waals surface area contributed by atoms with Gasteiger partial charge in [-0.05, 0) is 94.8 Å². The maximum absolute atomic E-state index is 15.2. The largest absolute Gasteiger partial charge is 0.481 e. The monoisotopic (exact) mass is 773 g/mol. The van der Waals surface area contributed by atoms with E-state index in [1.54, 1.807) is 0 Å². The van der Waals surface area contributed by atoms with Crippen LogP contribution in [0.25, 0.3) is 0 Å². The number of carbonyl (C=O) groups excluding carboxylic acids is 2. The Morgan fingerprint density at radius 1 is 0.782 bits per heavy atom. The van der Waals surface area contributed by atoms with Crippen LogP contribution in [-0.4, -0.2) is 50.3 Å². The lowest BCUT2D eigenvalue weighted by atomic mass is 9.88. The van der Waals surface area contributed by atoms with Crippen LogP contribution in [0, 0.1) is 23.7 Å². The van der Waals surface area contributed by atoms with Crippen molar-refractivity contribution in [3.05, 3.63) is 73.4 Å². The van der Waals surface area contributed by atoms with Crippen LogP contribution in [0.15, 0.2) is 73.4 Å². The van der Waals surface area contributed by atoms with Crippen molar-refractivity contribution in [2.45, 2.75) is 172 Å². The summed E-state index contributed by atoms with van der Waals surface area (Å²) in [5.41, 5.74) is -3.03. The van der Waals surface area contributed by atoms with E-state index in [-0.39, 0.29) is 55.1 Å². The van der Waals surface area contributed by atoms with Gasteiger partial charge >= 0.3 is 11.9 Å². The van der Waals surface area contributed by atoms with Gasteiger partial charge in [0.25, 0.3) is 0 Å². The minimum absolute atomic E-state index is 0.00122. The van der Waals surface area contributed by atoms with Gasteiger partial charge in [0.2, 0.25) is 0 Å². The third-order valence-corrected chi connectivity index (χ3v) is 11.5. The van der Waals surface area contributed by atoms with Crippen molar-refractivity contribution in [2.75, 3.05) is 0 Å². The van der Waals surface area contributed by atoms with Crippen molar-refractivity contribution < 1.29 is 43.2 Å². The number of carboxylic acid groups (broad SMARTS) is 1. The maximum Gasteiger partial charge on any atom is 0.306 e. The SMILES string of the molecule is C=C(F)C(O)(CC=C[C@H]1CC[C@H](O)[C@@H]1CC=CCCCC(=O)OC(C/C=C/[C@H]1CCC(=O)[C@@H]1C/C=C\CCCC(=O)O)(CCCCC)C(=C)F)CCCCC. The Labute approximate surface area is 329 Å². The number of rotatable bonds is 29. The average molecular weight is 773 g/mol. The molecule has 310 valence electrons. The average Bonchev–Trinajstić information content (AvgIpc) is 3.67. The molecule has 0 aromatic heterocycles. The fraction of sp³-hybridized carbons (Fsp3) is 0.674. The Balaban J connectivity index is 1.93. The zero-order valence-electron chi connectivity index (χ0n) is 33.7. The molecular formula is C46H70F2O7. The van der Waals surface area contributed by atoms with E-state index in [9.17, 15) is 29.0 Å². The van der Waals surface area contributed by atoms with Crippen LogP contribution in [0.4, 0.5) is 8.78 Å². The molecule has 2 aliphatic rings. The lowest BCUT2D eigenvalue weighted by Gasteiger charge is -2.31. The molecule has 2 aliphatic carbocycles. The topological polar surface area (TPSA) is 121 Å². The minimum atomic E-state index is -1.56. The quantitative estimate of drug-likeness (QED) is 0.0393. The lowest BCUT2D eigenvalue weighted by molar-refractivity contribution is -0.158. The fourth-order valence-electron chi connectivity index (χ4n) is 7.90. The zero-order valence-corrected chi connectivity index (χ0v) is 33.7. The summed E-state index contributed by atoms with van der Waals surface area (Å²) in [4.78, 5) is 36.5. The number of ketones is 1. The number of carboxylic acids is 1. The summed E-state index contributed by atoms with van der Waals surface area (Å²) in [5.74, 6) is -2.57. The highest BCUT2D eigenvalue weighted by atomic mass is 19.1. The van der Waals surface area contributed by atoms with E-state index in [4.69, 9.17) is 9.84 Å². The van der Waals surface area contributed by atoms with Gasteiger partial charge in [-0.1, -0.05) is 108 Å². The molecule has 9 heteroatoms. The number of aliphatic hydroxyl groups excluding tert-OH is 1. The van der Waals surface area contributed by atoms with E-state index in [2.05, 4.69) is 27.0 Å². The molecule has 0 heterocycles. The Hall–Kier alpha value is -3.17. The second-order valence-corrected chi connectivity index (χ2v) is 15.8. The summed E-state index contributed by atoms with van der Waals surface area (Å²) in [6.45, 7) is 11.1. The van der Waals surface area contributed by atoms with E-state index < -0.39 is 40.9 Å². The molecule has 2 saturated carbocycles. The number of halogens is 2. The minimum Gasteiger partial charge on any atom is -0.481 e. The van der Waals surface area contributed by atoms with Crippen molar-refractivity contribution in [2.24, 2.45) is 23.7 Å². The fourth-order valence-corrected chi connectivity index (χ4v) is 7.90. The second kappa shape index (κ2) is 25.9. The predicted molar refractivity (Wildman–Crippen MR) is 216 cm³/mol. The van der Waals surface area contributed by atoms with Gasteiger partial charge in [-0.15, -0.1) is 0 Å². The zero-order chi connectivity index (χ0) is 40.7.